The molecule has 1 fully saturated rings. The normalized spacial score (nSPS) is 16.7. The zero-order valence-corrected chi connectivity index (χ0v) is 20.6. The summed E-state index contributed by atoms with van der Waals surface area (Å²) >= 11 is 0. The second-order valence-electron chi connectivity index (χ2n) is 8.88. The van der Waals surface area contributed by atoms with Crippen LogP contribution < -0.4 is 4.90 Å². The molecule has 3 rings (SSSR count). The maximum Gasteiger partial charge on any atom is 0.410 e. The zero-order valence-electron chi connectivity index (χ0n) is 20.6. The lowest BCUT2D eigenvalue weighted by Gasteiger charge is -2.41. The Morgan fingerprint density at radius 1 is 1.28 bits per heavy atom. The van der Waals surface area contributed by atoms with Crippen molar-refractivity contribution in [3.63, 3.8) is 0 Å². The van der Waals surface area contributed by atoms with Gasteiger partial charge >= 0.3 is 6.09 Å². The van der Waals surface area contributed by atoms with Gasteiger partial charge in [0.25, 0.3) is 0 Å². The van der Waals surface area contributed by atoms with Gasteiger partial charge in [-0.3, -0.25) is 9.88 Å². The summed E-state index contributed by atoms with van der Waals surface area (Å²) in [5.74, 6) is 0. The van der Waals surface area contributed by atoms with E-state index in [9.17, 15) is 10.1 Å². The monoisotopic (exact) mass is 439 g/mol. The Kier molecular flexibility index (Phi) is 8.85. The van der Waals surface area contributed by atoms with Crippen LogP contribution in [0.5, 0.6) is 0 Å². The summed E-state index contributed by atoms with van der Waals surface area (Å²) in [6, 6.07) is 10.4. The van der Waals surface area contributed by atoms with Gasteiger partial charge in [0.2, 0.25) is 0 Å². The van der Waals surface area contributed by atoms with E-state index in [-0.39, 0.29) is 6.09 Å². The van der Waals surface area contributed by atoms with Gasteiger partial charge in [-0.15, -0.1) is 0 Å². The number of likely N-dealkylation sites (N-methyl/N-ethyl adjacent to an activating group) is 1. The van der Waals surface area contributed by atoms with Gasteiger partial charge in [-0.05, 0) is 52.0 Å². The molecule has 1 aliphatic heterocycles. The Hall–Kier alpha value is -2.85. The van der Waals surface area contributed by atoms with Crippen molar-refractivity contribution in [1.29, 1.82) is 5.26 Å². The standard InChI is InChI=1S/C23H31N5O2.C2H6/c1-17-16-28(20-9-8-18(15-24)21-19(20)7-6-10-25-21)14-13-27(17)12-11-26(5)22(29)30-23(2,3)4;1-2/h6-10,17H,11-14,16H2,1-5H3;1-2H3/t17-;/m1./s1. The van der Waals surface area contributed by atoms with E-state index in [0.717, 1.165) is 42.8 Å². The Balaban J connectivity index is 0.00000176. The maximum absolute atomic E-state index is 12.2. The predicted molar refractivity (Wildman–Crippen MR) is 130 cm³/mol. The average Bonchev–Trinajstić information content (AvgIpc) is 2.77. The second kappa shape index (κ2) is 11.1. The van der Waals surface area contributed by atoms with Gasteiger partial charge in [-0.2, -0.15) is 5.26 Å². The minimum Gasteiger partial charge on any atom is -0.444 e. The van der Waals surface area contributed by atoms with E-state index >= 15 is 0 Å². The number of ether oxygens (including phenoxy) is 1. The first kappa shape index (κ1) is 25.4. The number of anilines is 1. The van der Waals surface area contributed by atoms with E-state index in [1.807, 2.05) is 58.9 Å². The fraction of sp³-hybridized carbons (Fsp3) is 0.560. The van der Waals surface area contributed by atoms with Gasteiger partial charge in [0.15, 0.2) is 0 Å². The van der Waals surface area contributed by atoms with Gasteiger partial charge in [-0.25, -0.2) is 4.79 Å². The fourth-order valence-electron chi connectivity index (χ4n) is 3.78. The summed E-state index contributed by atoms with van der Waals surface area (Å²) < 4.78 is 5.43. The molecule has 2 aromatic rings. The van der Waals surface area contributed by atoms with E-state index in [2.05, 4.69) is 27.8 Å². The van der Waals surface area contributed by atoms with Crippen LogP contribution in [0.25, 0.3) is 10.9 Å². The predicted octanol–water partition coefficient (Wildman–Crippen LogP) is 4.51. The molecule has 1 atom stereocenters. The summed E-state index contributed by atoms with van der Waals surface area (Å²) in [7, 11) is 1.78. The molecule has 174 valence electrons. The minimum atomic E-state index is -0.483. The number of carbonyl (C=O) groups excluding carboxylic acids is 1. The smallest absolute Gasteiger partial charge is 0.410 e. The lowest BCUT2D eigenvalue weighted by molar-refractivity contribution is 0.0273. The van der Waals surface area contributed by atoms with Gasteiger partial charge in [0.05, 0.1) is 11.1 Å². The van der Waals surface area contributed by atoms with Crippen LogP contribution in [0.2, 0.25) is 0 Å². The number of benzene rings is 1. The number of fused-ring (bicyclic) bond motifs is 1. The molecule has 0 spiro atoms. The van der Waals surface area contributed by atoms with Crippen molar-refractivity contribution in [1.82, 2.24) is 14.8 Å². The van der Waals surface area contributed by atoms with Gasteiger partial charge in [0, 0.05) is 63.1 Å². The molecule has 1 saturated heterocycles. The SMILES string of the molecule is CC.C[C@@H]1CN(c2ccc(C#N)c3ncccc23)CCN1CCN(C)C(=O)OC(C)(C)C. The van der Waals surface area contributed by atoms with Gasteiger partial charge in [-0.1, -0.05) is 13.8 Å². The molecule has 2 heterocycles. The Bertz CT molecular complexity index is 947. The third-order valence-electron chi connectivity index (χ3n) is 5.40. The number of piperazine rings is 1. The summed E-state index contributed by atoms with van der Waals surface area (Å²) in [5.41, 5.74) is 2.00. The third kappa shape index (κ3) is 6.33. The Labute approximate surface area is 192 Å². The summed E-state index contributed by atoms with van der Waals surface area (Å²) in [5, 5.41) is 10.4. The molecular formula is C25H37N5O2. The van der Waals surface area contributed by atoms with Crippen molar-refractivity contribution < 1.29 is 9.53 Å². The van der Waals surface area contributed by atoms with Crippen molar-refractivity contribution in [2.45, 2.75) is 53.2 Å². The first-order valence-electron chi connectivity index (χ1n) is 11.4. The van der Waals surface area contributed by atoms with Crippen molar-refractivity contribution >= 4 is 22.7 Å². The third-order valence-corrected chi connectivity index (χ3v) is 5.40. The highest BCUT2D eigenvalue weighted by Gasteiger charge is 2.26. The van der Waals surface area contributed by atoms with Gasteiger partial charge < -0.3 is 14.5 Å². The number of aromatic nitrogens is 1. The molecule has 1 aromatic heterocycles. The van der Waals surface area contributed by atoms with E-state index in [1.165, 1.54) is 0 Å². The highest BCUT2D eigenvalue weighted by molar-refractivity contribution is 5.95. The van der Waals surface area contributed by atoms with Crippen molar-refractivity contribution in [3.05, 3.63) is 36.0 Å². The molecule has 0 saturated carbocycles. The van der Waals surface area contributed by atoms with E-state index in [1.54, 1.807) is 18.1 Å². The number of nitriles is 1. The number of rotatable bonds is 4. The molecule has 7 heteroatoms. The molecule has 0 bridgehead atoms. The molecule has 1 aliphatic rings. The minimum absolute atomic E-state index is 0.287. The average molecular weight is 440 g/mol. The molecule has 1 amide bonds. The first-order valence-corrected chi connectivity index (χ1v) is 11.4. The molecule has 0 radical (unpaired) electrons. The van der Waals surface area contributed by atoms with Crippen LogP contribution in [0.15, 0.2) is 30.5 Å². The number of nitrogens with zero attached hydrogens (tertiary/aromatic N) is 5. The fourth-order valence-corrected chi connectivity index (χ4v) is 3.78. The summed E-state index contributed by atoms with van der Waals surface area (Å²) in [4.78, 5) is 23.0. The van der Waals surface area contributed by atoms with E-state index in [4.69, 9.17) is 4.74 Å². The summed E-state index contributed by atoms with van der Waals surface area (Å²) in [6.07, 6.45) is 1.44. The van der Waals surface area contributed by atoms with Crippen LogP contribution in [-0.4, -0.2) is 72.3 Å². The Morgan fingerprint density at radius 2 is 2.00 bits per heavy atom. The largest absolute Gasteiger partial charge is 0.444 e. The number of carbonyl (C=O) groups is 1. The quantitative estimate of drug-likeness (QED) is 0.698. The van der Waals surface area contributed by atoms with Crippen LogP contribution in [-0.2, 0) is 4.74 Å². The first-order chi connectivity index (χ1) is 15.2. The lowest BCUT2D eigenvalue weighted by atomic mass is 10.1. The van der Waals surface area contributed by atoms with Crippen molar-refractivity contribution in [2.24, 2.45) is 0 Å². The van der Waals surface area contributed by atoms with E-state index < -0.39 is 5.60 Å². The highest BCUT2D eigenvalue weighted by atomic mass is 16.6. The highest BCUT2D eigenvalue weighted by Crippen LogP contribution is 2.29. The van der Waals surface area contributed by atoms with E-state index in [0.29, 0.717) is 18.2 Å². The lowest BCUT2D eigenvalue weighted by Crippen LogP contribution is -2.53. The maximum atomic E-state index is 12.2. The van der Waals surface area contributed by atoms with Crippen LogP contribution in [0, 0.1) is 11.3 Å². The topological polar surface area (TPSA) is 72.7 Å². The molecule has 7 nitrogen and oxygen atoms in total. The van der Waals surface area contributed by atoms with Crippen LogP contribution in [0.4, 0.5) is 10.5 Å². The van der Waals surface area contributed by atoms with Crippen LogP contribution >= 0.6 is 0 Å². The number of hydrogen-bond donors (Lipinski definition) is 0. The number of amides is 1. The number of hydrogen-bond acceptors (Lipinski definition) is 6. The second-order valence-corrected chi connectivity index (χ2v) is 8.88. The summed E-state index contributed by atoms with van der Waals surface area (Å²) in [6.45, 7) is 16.0. The number of pyridine rings is 1. The molecule has 0 N–H and O–H groups in total. The van der Waals surface area contributed by atoms with Crippen molar-refractivity contribution in [2.75, 3.05) is 44.7 Å². The molecule has 1 aromatic carbocycles. The zero-order chi connectivity index (χ0) is 23.9. The molecule has 0 unspecified atom stereocenters. The Morgan fingerprint density at radius 3 is 2.62 bits per heavy atom. The van der Waals surface area contributed by atoms with Crippen LogP contribution in [0.1, 0.15) is 47.1 Å². The molecular weight excluding hydrogens is 402 g/mol. The van der Waals surface area contributed by atoms with Gasteiger partial charge in [0.1, 0.15) is 11.7 Å². The molecule has 0 aliphatic carbocycles. The van der Waals surface area contributed by atoms with Crippen molar-refractivity contribution in [3.8, 4) is 6.07 Å². The molecule has 32 heavy (non-hydrogen) atoms. The van der Waals surface area contributed by atoms with Crippen LogP contribution in [0.3, 0.4) is 0 Å².